The van der Waals surface area contributed by atoms with Crippen LogP contribution in [0.25, 0.3) is 22.0 Å². The summed E-state index contributed by atoms with van der Waals surface area (Å²) in [6.07, 6.45) is 6.26. The molecule has 2 heterocycles. The third-order valence-electron chi connectivity index (χ3n) is 5.47. The molecule has 0 atom stereocenters. The zero-order valence-corrected chi connectivity index (χ0v) is 18.6. The lowest BCUT2D eigenvalue weighted by atomic mass is 10.00. The van der Waals surface area contributed by atoms with Gasteiger partial charge in [0, 0.05) is 42.0 Å². The van der Waals surface area contributed by atoms with Crippen LogP contribution in [0.4, 0.5) is 17.2 Å². The van der Waals surface area contributed by atoms with E-state index in [4.69, 9.17) is 0 Å². The van der Waals surface area contributed by atoms with E-state index in [9.17, 15) is 4.79 Å². The number of hydrogen-bond acceptors (Lipinski definition) is 5. The number of carbonyl (C=O) groups is 1. The highest BCUT2D eigenvalue weighted by atomic mass is 16.1. The molecule has 0 amide bonds. The molecule has 0 bridgehead atoms. The van der Waals surface area contributed by atoms with Crippen molar-refractivity contribution in [3.05, 3.63) is 78.6 Å². The van der Waals surface area contributed by atoms with Gasteiger partial charge in [0.15, 0.2) is 5.78 Å². The maximum absolute atomic E-state index is 12.7. The van der Waals surface area contributed by atoms with Gasteiger partial charge < -0.3 is 10.6 Å². The zero-order chi connectivity index (χ0) is 22.3. The number of anilines is 3. The van der Waals surface area contributed by atoms with E-state index in [1.807, 2.05) is 61.7 Å². The Labute approximate surface area is 188 Å². The molecular weight excluding hydrogens is 396 g/mol. The summed E-state index contributed by atoms with van der Waals surface area (Å²) in [5.74, 6) is 0.944. The Kier molecular flexibility index (Phi) is 6.75. The van der Waals surface area contributed by atoms with Gasteiger partial charge in [0.05, 0.1) is 16.8 Å². The third-order valence-corrected chi connectivity index (χ3v) is 5.47. The first-order valence-corrected chi connectivity index (χ1v) is 11.2. The normalized spacial score (nSPS) is 10.8. The Hall–Kier alpha value is -3.73. The van der Waals surface area contributed by atoms with Crippen LogP contribution in [0, 0.1) is 0 Å². The Morgan fingerprint density at radius 2 is 1.72 bits per heavy atom. The van der Waals surface area contributed by atoms with Crippen molar-refractivity contribution >= 4 is 33.9 Å². The molecule has 0 aliphatic rings. The number of carbonyl (C=O) groups excluding carboxylic acids is 1. The van der Waals surface area contributed by atoms with Crippen LogP contribution in [-0.4, -0.2) is 22.3 Å². The van der Waals surface area contributed by atoms with E-state index in [0.29, 0.717) is 12.0 Å². The summed E-state index contributed by atoms with van der Waals surface area (Å²) in [5, 5.41) is 7.72. The van der Waals surface area contributed by atoms with Gasteiger partial charge in [-0.3, -0.25) is 9.78 Å². The van der Waals surface area contributed by atoms with Crippen molar-refractivity contribution in [3.63, 3.8) is 0 Å². The number of nitrogens with zero attached hydrogens (tertiary/aromatic N) is 2. The smallest absolute Gasteiger partial charge is 0.166 e. The first kappa shape index (κ1) is 21.5. The highest BCUT2D eigenvalue weighted by Gasteiger charge is 2.15. The molecule has 0 aliphatic carbocycles. The fourth-order valence-corrected chi connectivity index (χ4v) is 3.64. The fourth-order valence-electron chi connectivity index (χ4n) is 3.64. The van der Waals surface area contributed by atoms with Gasteiger partial charge in [-0.25, -0.2) is 4.98 Å². The molecule has 0 fully saturated rings. The molecular formula is C27H28N4O. The van der Waals surface area contributed by atoms with Crippen molar-refractivity contribution in [1.29, 1.82) is 0 Å². The Bertz CT molecular complexity index is 1200. The standard InChI is InChI=1S/C27H28N4O/c1-3-5-15-28-26-14-12-20(17-30-26)19-11-13-24-22(16-19)27(23(18-29-24)25(32)4-2)31-21-9-7-6-8-10-21/h6-14,16-18H,3-5,15H2,1-2H3,(H,28,30)(H,29,31). The molecule has 32 heavy (non-hydrogen) atoms. The molecule has 5 heteroatoms. The first-order chi connectivity index (χ1) is 15.7. The summed E-state index contributed by atoms with van der Waals surface area (Å²) in [4.78, 5) is 21.8. The van der Waals surface area contributed by atoms with E-state index in [2.05, 4.69) is 39.7 Å². The fraction of sp³-hybridized carbons (Fsp3) is 0.222. The number of para-hydroxylation sites is 1. The second-order valence-electron chi connectivity index (χ2n) is 7.76. The lowest BCUT2D eigenvalue weighted by Crippen LogP contribution is -2.05. The van der Waals surface area contributed by atoms with E-state index < -0.39 is 0 Å². The van der Waals surface area contributed by atoms with E-state index in [-0.39, 0.29) is 5.78 Å². The molecule has 0 spiro atoms. The van der Waals surface area contributed by atoms with Gasteiger partial charge in [0.1, 0.15) is 5.82 Å². The Morgan fingerprint density at radius 1 is 0.906 bits per heavy atom. The van der Waals surface area contributed by atoms with Crippen LogP contribution in [0.1, 0.15) is 43.5 Å². The number of Topliss-reactive ketones (excluding diaryl/α,β-unsaturated/α-hetero) is 1. The SMILES string of the molecule is CCCCNc1ccc(-c2ccc3ncc(C(=O)CC)c(Nc4ccccc4)c3c2)cn1. The molecule has 5 nitrogen and oxygen atoms in total. The van der Waals surface area contributed by atoms with Crippen molar-refractivity contribution in [2.45, 2.75) is 33.1 Å². The molecule has 0 unspecified atom stereocenters. The van der Waals surface area contributed by atoms with Crippen molar-refractivity contribution in [3.8, 4) is 11.1 Å². The predicted molar refractivity (Wildman–Crippen MR) is 133 cm³/mol. The maximum atomic E-state index is 12.7. The molecule has 2 aromatic carbocycles. The predicted octanol–water partition coefficient (Wildman–Crippen LogP) is 6.85. The number of nitrogens with one attached hydrogen (secondary N) is 2. The number of unbranched alkanes of at least 4 members (excludes halogenated alkanes) is 1. The highest BCUT2D eigenvalue weighted by molar-refractivity contribution is 6.09. The van der Waals surface area contributed by atoms with Gasteiger partial charge >= 0.3 is 0 Å². The largest absolute Gasteiger partial charge is 0.370 e. The maximum Gasteiger partial charge on any atom is 0.166 e. The van der Waals surface area contributed by atoms with Crippen LogP contribution in [0.2, 0.25) is 0 Å². The van der Waals surface area contributed by atoms with E-state index in [0.717, 1.165) is 58.6 Å². The Morgan fingerprint density at radius 3 is 2.44 bits per heavy atom. The minimum atomic E-state index is 0.0624. The second-order valence-corrected chi connectivity index (χ2v) is 7.76. The molecule has 4 aromatic rings. The number of aromatic nitrogens is 2. The number of fused-ring (bicyclic) bond motifs is 1. The summed E-state index contributed by atoms with van der Waals surface area (Å²) in [7, 11) is 0. The molecule has 0 saturated carbocycles. The van der Waals surface area contributed by atoms with E-state index in [1.54, 1.807) is 6.20 Å². The van der Waals surface area contributed by atoms with Crippen molar-refractivity contribution in [1.82, 2.24) is 9.97 Å². The minimum Gasteiger partial charge on any atom is -0.370 e. The van der Waals surface area contributed by atoms with Crippen molar-refractivity contribution in [2.24, 2.45) is 0 Å². The van der Waals surface area contributed by atoms with Gasteiger partial charge in [-0.05, 0) is 48.4 Å². The minimum absolute atomic E-state index is 0.0624. The van der Waals surface area contributed by atoms with Crippen LogP contribution < -0.4 is 10.6 Å². The summed E-state index contributed by atoms with van der Waals surface area (Å²) in [5.41, 5.74) is 5.22. The third kappa shape index (κ3) is 4.78. The number of rotatable bonds is 9. The summed E-state index contributed by atoms with van der Waals surface area (Å²) in [6, 6.07) is 20.1. The Balaban J connectivity index is 1.74. The van der Waals surface area contributed by atoms with Crippen LogP contribution in [0.5, 0.6) is 0 Å². The molecule has 0 radical (unpaired) electrons. The average molecular weight is 425 g/mol. The van der Waals surface area contributed by atoms with E-state index >= 15 is 0 Å². The van der Waals surface area contributed by atoms with E-state index in [1.165, 1.54) is 0 Å². The van der Waals surface area contributed by atoms with Gasteiger partial charge in [0.25, 0.3) is 0 Å². The van der Waals surface area contributed by atoms with Crippen LogP contribution in [0.3, 0.4) is 0 Å². The van der Waals surface area contributed by atoms with Crippen molar-refractivity contribution in [2.75, 3.05) is 17.2 Å². The lowest BCUT2D eigenvalue weighted by molar-refractivity contribution is 0.0989. The number of pyridine rings is 2. The molecule has 0 aliphatic heterocycles. The van der Waals surface area contributed by atoms with Crippen LogP contribution >= 0.6 is 0 Å². The van der Waals surface area contributed by atoms with Gasteiger partial charge in [-0.2, -0.15) is 0 Å². The van der Waals surface area contributed by atoms with Crippen LogP contribution in [-0.2, 0) is 0 Å². The number of hydrogen-bond donors (Lipinski definition) is 2. The molecule has 4 rings (SSSR count). The highest BCUT2D eigenvalue weighted by Crippen LogP contribution is 2.33. The lowest BCUT2D eigenvalue weighted by Gasteiger charge is -2.15. The van der Waals surface area contributed by atoms with Gasteiger partial charge in [-0.15, -0.1) is 0 Å². The number of benzene rings is 2. The van der Waals surface area contributed by atoms with Crippen LogP contribution in [0.15, 0.2) is 73.1 Å². The molecule has 162 valence electrons. The average Bonchev–Trinajstić information content (AvgIpc) is 2.85. The first-order valence-electron chi connectivity index (χ1n) is 11.2. The quantitative estimate of drug-likeness (QED) is 0.227. The second kappa shape index (κ2) is 10.1. The zero-order valence-electron chi connectivity index (χ0n) is 18.6. The summed E-state index contributed by atoms with van der Waals surface area (Å²) < 4.78 is 0. The van der Waals surface area contributed by atoms with Gasteiger partial charge in [-0.1, -0.05) is 44.5 Å². The summed E-state index contributed by atoms with van der Waals surface area (Å²) >= 11 is 0. The number of ketones is 1. The van der Waals surface area contributed by atoms with Gasteiger partial charge in [0.2, 0.25) is 0 Å². The molecule has 2 aromatic heterocycles. The molecule has 0 saturated heterocycles. The topological polar surface area (TPSA) is 66.9 Å². The monoisotopic (exact) mass is 424 g/mol. The summed E-state index contributed by atoms with van der Waals surface area (Å²) in [6.45, 7) is 4.97. The van der Waals surface area contributed by atoms with Crippen molar-refractivity contribution < 1.29 is 4.79 Å². The molecule has 2 N–H and O–H groups in total.